The van der Waals surface area contributed by atoms with Gasteiger partial charge in [0.15, 0.2) is 0 Å². The zero-order valence-electron chi connectivity index (χ0n) is 10.9. The molecular weight excluding hydrogens is 363 g/mol. The molecule has 7 heteroatoms. The van der Waals surface area contributed by atoms with E-state index in [0.717, 1.165) is 28.7 Å². The van der Waals surface area contributed by atoms with Gasteiger partial charge in [0.1, 0.15) is 0 Å². The van der Waals surface area contributed by atoms with Crippen LogP contribution in [0.3, 0.4) is 0 Å². The van der Waals surface area contributed by atoms with Gasteiger partial charge in [0.25, 0.3) is 0 Å². The molecule has 0 bridgehead atoms. The van der Waals surface area contributed by atoms with E-state index >= 15 is 0 Å². The highest BCUT2D eigenvalue weighted by Gasteiger charge is 2.23. The van der Waals surface area contributed by atoms with E-state index in [-0.39, 0.29) is 6.04 Å². The molecule has 0 radical (unpaired) electrons. The predicted octanol–water partition coefficient (Wildman–Crippen LogP) is 3.92. The topological polar surface area (TPSA) is 55.9 Å². The molecule has 3 N–H and O–H groups in total. The van der Waals surface area contributed by atoms with Crippen LogP contribution in [0.1, 0.15) is 30.6 Å². The van der Waals surface area contributed by atoms with Crippen LogP contribution in [0.4, 0.5) is 0 Å². The maximum Gasteiger partial charge on any atom is 0.0904 e. The Bertz CT molecular complexity index is 600. The number of hydrazine groups is 1. The van der Waals surface area contributed by atoms with Crippen molar-refractivity contribution in [1.29, 1.82) is 0 Å². The van der Waals surface area contributed by atoms with E-state index in [1.165, 1.54) is 0 Å². The molecule has 0 saturated heterocycles. The first kappa shape index (κ1) is 15.8. The molecule has 0 saturated carbocycles. The number of nitrogens with one attached hydrogen (secondary N) is 1. The normalized spacial score (nSPS) is 12.7. The van der Waals surface area contributed by atoms with Crippen molar-refractivity contribution in [2.75, 3.05) is 0 Å². The SMILES string of the molecule is CCCn1ncc(Br)c1C(NN)c1cc(Cl)ccc1Cl. The maximum absolute atomic E-state index is 6.27. The fourth-order valence-corrected chi connectivity index (χ4v) is 3.03. The molecular formula is C13H15BrCl2N4. The average molecular weight is 378 g/mol. The minimum Gasteiger partial charge on any atom is -0.271 e. The van der Waals surface area contributed by atoms with Crippen molar-refractivity contribution in [3.05, 3.63) is 50.2 Å². The van der Waals surface area contributed by atoms with Crippen LogP contribution in [-0.2, 0) is 6.54 Å². The summed E-state index contributed by atoms with van der Waals surface area (Å²) in [4.78, 5) is 0. The van der Waals surface area contributed by atoms with E-state index in [2.05, 4.69) is 33.4 Å². The number of aryl methyl sites for hydroxylation is 1. The molecule has 108 valence electrons. The van der Waals surface area contributed by atoms with Gasteiger partial charge in [-0.15, -0.1) is 0 Å². The number of halogens is 3. The summed E-state index contributed by atoms with van der Waals surface area (Å²) in [7, 11) is 0. The van der Waals surface area contributed by atoms with Crippen LogP contribution in [-0.4, -0.2) is 9.78 Å². The standard InChI is InChI=1S/C13H15BrCl2N4/c1-2-5-20-13(10(14)7-18-20)12(19-17)9-6-8(15)3-4-11(9)16/h3-4,6-7,12,19H,2,5,17H2,1H3. The number of hydrogen-bond acceptors (Lipinski definition) is 3. The summed E-state index contributed by atoms with van der Waals surface area (Å²) in [6.45, 7) is 2.90. The van der Waals surface area contributed by atoms with Crippen LogP contribution in [0.5, 0.6) is 0 Å². The smallest absolute Gasteiger partial charge is 0.0904 e. The van der Waals surface area contributed by atoms with Gasteiger partial charge in [-0.3, -0.25) is 10.5 Å². The second-order valence-electron chi connectivity index (χ2n) is 4.37. The van der Waals surface area contributed by atoms with Gasteiger partial charge in [0.05, 0.1) is 22.4 Å². The molecule has 0 spiro atoms. The molecule has 2 aromatic rings. The molecule has 0 aliphatic heterocycles. The summed E-state index contributed by atoms with van der Waals surface area (Å²) in [5.41, 5.74) is 4.54. The molecule has 0 amide bonds. The van der Waals surface area contributed by atoms with E-state index in [1.54, 1.807) is 18.3 Å². The maximum atomic E-state index is 6.27. The Hall–Kier alpha value is -0.590. The molecule has 20 heavy (non-hydrogen) atoms. The van der Waals surface area contributed by atoms with Crippen LogP contribution in [0, 0.1) is 0 Å². The van der Waals surface area contributed by atoms with Gasteiger partial charge in [-0.25, -0.2) is 5.43 Å². The van der Waals surface area contributed by atoms with Crippen LogP contribution < -0.4 is 11.3 Å². The van der Waals surface area contributed by atoms with Crippen molar-refractivity contribution < 1.29 is 0 Å². The van der Waals surface area contributed by atoms with Gasteiger partial charge < -0.3 is 0 Å². The minimum absolute atomic E-state index is 0.287. The number of nitrogens with zero attached hydrogens (tertiary/aromatic N) is 2. The third-order valence-corrected chi connectivity index (χ3v) is 4.17. The fraction of sp³-hybridized carbons (Fsp3) is 0.308. The number of hydrogen-bond donors (Lipinski definition) is 2. The van der Waals surface area contributed by atoms with E-state index in [9.17, 15) is 0 Å². The summed E-state index contributed by atoms with van der Waals surface area (Å²) < 4.78 is 2.79. The van der Waals surface area contributed by atoms with Gasteiger partial charge in [-0.05, 0) is 46.1 Å². The summed E-state index contributed by atoms with van der Waals surface area (Å²) in [5.74, 6) is 5.74. The van der Waals surface area contributed by atoms with Crippen molar-refractivity contribution in [1.82, 2.24) is 15.2 Å². The average Bonchev–Trinajstić information content (AvgIpc) is 2.77. The molecule has 4 nitrogen and oxygen atoms in total. The Morgan fingerprint density at radius 1 is 1.45 bits per heavy atom. The second kappa shape index (κ2) is 6.91. The van der Waals surface area contributed by atoms with Crippen LogP contribution in [0.2, 0.25) is 10.0 Å². The van der Waals surface area contributed by atoms with Crippen LogP contribution >= 0.6 is 39.1 Å². The molecule has 2 rings (SSSR count). The lowest BCUT2D eigenvalue weighted by Crippen LogP contribution is -2.31. The molecule has 0 aliphatic rings. The number of benzene rings is 1. The summed E-state index contributed by atoms with van der Waals surface area (Å²) in [6.07, 6.45) is 2.73. The Balaban J connectivity index is 2.52. The molecule has 0 aliphatic carbocycles. The third kappa shape index (κ3) is 3.18. The van der Waals surface area contributed by atoms with Gasteiger partial charge in [0, 0.05) is 16.6 Å². The zero-order chi connectivity index (χ0) is 14.7. The summed E-state index contributed by atoms with van der Waals surface area (Å²) >= 11 is 15.8. The Morgan fingerprint density at radius 2 is 2.20 bits per heavy atom. The summed E-state index contributed by atoms with van der Waals surface area (Å²) in [5, 5.41) is 5.57. The van der Waals surface area contributed by atoms with Crippen molar-refractivity contribution in [3.63, 3.8) is 0 Å². The van der Waals surface area contributed by atoms with E-state index in [4.69, 9.17) is 29.0 Å². The van der Waals surface area contributed by atoms with E-state index in [1.807, 2.05) is 10.7 Å². The van der Waals surface area contributed by atoms with E-state index < -0.39 is 0 Å². The zero-order valence-corrected chi connectivity index (χ0v) is 14.0. The summed E-state index contributed by atoms with van der Waals surface area (Å²) in [6, 6.07) is 5.03. The highest BCUT2D eigenvalue weighted by atomic mass is 79.9. The Labute approximate surface area is 136 Å². The fourth-order valence-electron chi connectivity index (χ4n) is 2.10. The Kier molecular flexibility index (Phi) is 5.46. The van der Waals surface area contributed by atoms with E-state index in [0.29, 0.717) is 10.0 Å². The van der Waals surface area contributed by atoms with Gasteiger partial charge in [-0.2, -0.15) is 5.10 Å². The van der Waals surface area contributed by atoms with Gasteiger partial charge in [0.2, 0.25) is 0 Å². The number of rotatable bonds is 5. The van der Waals surface area contributed by atoms with Crippen LogP contribution in [0.15, 0.2) is 28.9 Å². The minimum atomic E-state index is -0.287. The third-order valence-electron chi connectivity index (χ3n) is 2.98. The lowest BCUT2D eigenvalue weighted by atomic mass is 10.0. The van der Waals surface area contributed by atoms with Crippen LogP contribution in [0.25, 0.3) is 0 Å². The molecule has 1 atom stereocenters. The molecule has 0 fully saturated rings. The van der Waals surface area contributed by atoms with Gasteiger partial charge >= 0.3 is 0 Å². The first-order chi connectivity index (χ1) is 9.58. The highest BCUT2D eigenvalue weighted by Crippen LogP contribution is 2.33. The largest absolute Gasteiger partial charge is 0.271 e. The lowest BCUT2D eigenvalue weighted by molar-refractivity contribution is 0.519. The van der Waals surface area contributed by atoms with Crippen molar-refractivity contribution >= 4 is 39.1 Å². The second-order valence-corrected chi connectivity index (χ2v) is 6.06. The van der Waals surface area contributed by atoms with Gasteiger partial charge in [-0.1, -0.05) is 30.1 Å². The lowest BCUT2D eigenvalue weighted by Gasteiger charge is -2.20. The molecule has 1 heterocycles. The first-order valence-corrected chi connectivity index (χ1v) is 7.75. The molecule has 1 aromatic carbocycles. The molecule has 1 unspecified atom stereocenters. The quantitative estimate of drug-likeness (QED) is 0.613. The highest BCUT2D eigenvalue weighted by molar-refractivity contribution is 9.10. The first-order valence-electron chi connectivity index (χ1n) is 6.20. The number of nitrogens with two attached hydrogens (primary N) is 1. The molecule has 1 aromatic heterocycles. The Morgan fingerprint density at radius 3 is 2.85 bits per heavy atom. The predicted molar refractivity (Wildman–Crippen MR) is 85.8 cm³/mol. The monoisotopic (exact) mass is 376 g/mol. The number of aromatic nitrogens is 2. The van der Waals surface area contributed by atoms with Crippen molar-refractivity contribution in [2.45, 2.75) is 25.9 Å². The van der Waals surface area contributed by atoms with Crippen molar-refractivity contribution in [2.24, 2.45) is 5.84 Å². The van der Waals surface area contributed by atoms with Crippen molar-refractivity contribution in [3.8, 4) is 0 Å².